The number of amides is 1. The van der Waals surface area contributed by atoms with E-state index in [1.165, 1.54) is 11.1 Å². The Balaban J connectivity index is 1.46. The fraction of sp³-hybridized carbons (Fsp3) is 0.583. The summed E-state index contributed by atoms with van der Waals surface area (Å²) in [4.78, 5) is 16.4. The van der Waals surface area contributed by atoms with Gasteiger partial charge in [-0.25, -0.2) is 9.78 Å². The number of hydrogen-bond donors (Lipinski definition) is 2. The normalized spacial score (nSPS) is 27.2. The highest BCUT2D eigenvalue weighted by Crippen LogP contribution is 2.58. The van der Waals surface area contributed by atoms with Crippen molar-refractivity contribution in [1.29, 1.82) is 0 Å². The molecular formula is C24H33N3O3. The van der Waals surface area contributed by atoms with E-state index in [4.69, 9.17) is 4.74 Å². The Morgan fingerprint density at radius 2 is 2.10 bits per heavy atom. The molecule has 0 saturated heterocycles. The summed E-state index contributed by atoms with van der Waals surface area (Å²) in [6, 6.07) is 8.56. The van der Waals surface area contributed by atoms with Crippen molar-refractivity contribution < 1.29 is 14.6 Å². The molecule has 4 atom stereocenters. The lowest BCUT2D eigenvalue weighted by molar-refractivity contribution is -0.141. The van der Waals surface area contributed by atoms with Gasteiger partial charge >= 0.3 is 6.09 Å². The standard InChI is InChI=1S/C24H33N3O3/c1-5-10-24(11-12-26-22(29)30-23(2,3)4)13-18(21(24)28)20-17-9-7-6-8-16(17)19-14-25-15-27(19)20/h6-9,14-15,18,20-21,28H,5,10-13H2,1-4H3,(H,26,29). The van der Waals surface area contributed by atoms with Crippen LogP contribution in [0.3, 0.4) is 0 Å². The summed E-state index contributed by atoms with van der Waals surface area (Å²) >= 11 is 0. The van der Waals surface area contributed by atoms with Gasteiger partial charge in [0.1, 0.15) is 5.60 Å². The van der Waals surface area contributed by atoms with E-state index in [9.17, 15) is 9.90 Å². The average Bonchev–Trinajstić information content (AvgIpc) is 3.25. The first-order chi connectivity index (χ1) is 14.3. The molecule has 1 aromatic heterocycles. The lowest BCUT2D eigenvalue weighted by Crippen LogP contribution is -2.56. The molecule has 6 heteroatoms. The van der Waals surface area contributed by atoms with Crippen LogP contribution in [0.1, 0.15) is 65.0 Å². The van der Waals surface area contributed by atoms with E-state index >= 15 is 0 Å². The van der Waals surface area contributed by atoms with Crippen molar-refractivity contribution in [2.45, 2.75) is 71.1 Å². The molecule has 4 unspecified atom stereocenters. The summed E-state index contributed by atoms with van der Waals surface area (Å²) in [5, 5.41) is 14.2. The van der Waals surface area contributed by atoms with Gasteiger partial charge in [0.05, 0.1) is 30.4 Å². The number of aliphatic hydroxyl groups excluding tert-OH is 1. The molecule has 30 heavy (non-hydrogen) atoms. The summed E-state index contributed by atoms with van der Waals surface area (Å²) in [6.45, 7) is 8.23. The smallest absolute Gasteiger partial charge is 0.407 e. The summed E-state index contributed by atoms with van der Waals surface area (Å²) < 4.78 is 7.56. The Hall–Kier alpha value is -2.34. The number of aliphatic hydroxyl groups is 1. The molecule has 0 spiro atoms. The highest BCUT2D eigenvalue weighted by Gasteiger charge is 2.56. The van der Waals surface area contributed by atoms with E-state index in [0.29, 0.717) is 6.54 Å². The minimum atomic E-state index is -0.509. The molecule has 4 rings (SSSR count). The largest absolute Gasteiger partial charge is 0.444 e. The first-order valence-corrected chi connectivity index (χ1v) is 11.0. The third kappa shape index (κ3) is 3.62. The van der Waals surface area contributed by atoms with Crippen molar-refractivity contribution in [2.24, 2.45) is 11.3 Å². The number of alkyl carbamates (subject to hydrolysis) is 1. The molecule has 6 nitrogen and oxygen atoms in total. The van der Waals surface area contributed by atoms with E-state index in [1.54, 1.807) is 0 Å². The predicted octanol–water partition coefficient (Wildman–Crippen LogP) is 4.54. The van der Waals surface area contributed by atoms with Crippen LogP contribution in [0, 0.1) is 11.3 Å². The zero-order valence-corrected chi connectivity index (χ0v) is 18.4. The van der Waals surface area contributed by atoms with Crippen LogP contribution in [0.5, 0.6) is 0 Å². The van der Waals surface area contributed by atoms with E-state index in [2.05, 4.69) is 46.1 Å². The topological polar surface area (TPSA) is 76.4 Å². The number of carbonyl (C=O) groups is 1. The van der Waals surface area contributed by atoms with Gasteiger partial charge < -0.3 is 19.7 Å². The fourth-order valence-corrected chi connectivity index (χ4v) is 5.44. The molecule has 1 aliphatic carbocycles. The second kappa shape index (κ2) is 7.73. The Morgan fingerprint density at radius 3 is 2.80 bits per heavy atom. The Morgan fingerprint density at radius 1 is 1.33 bits per heavy atom. The lowest BCUT2D eigenvalue weighted by atomic mass is 9.53. The maximum atomic E-state index is 12.0. The zero-order chi connectivity index (χ0) is 21.5. The molecule has 1 aliphatic heterocycles. The molecule has 0 bridgehead atoms. The maximum absolute atomic E-state index is 12.0. The van der Waals surface area contributed by atoms with Crippen LogP contribution in [-0.2, 0) is 4.74 Å². The van der Waals surface area contributed by atoms with Crippen LogP contribution >= 0.6 is 0 Å². The van der Waals surface area contributed by atoms with Gasteiger partial charge in [0.2, 0.25) is 0 Å². The number of benzene rings is 1. The number of nitrogens with zero attached hydrogens (tertiary/aromatic N) is 2. The first kappa shape index (κ1) is 20.9. The molecule has 2 N–H and O–H groups in total. The highest BCUT2D eigenvalue weighted by molar-refractivity contribution is 5.69. The number of carbonyl (C=O) groups excluding carboxylic acids is 1. The summed E-state index contributed by atoms with van der Waals surface area (Å²) in [5.74, 6) is 0.148. The Bertz CT molecular complexity index is 916. The van der Waals surface area contributed by atoms with Gasteiger partial charge in [-0.15, -0.1) is 0 Å². The zero-order valence-electron chi connectivity index (χ0n) is 18.4. The minimum absolute atomic E-state index is 0.123. The maximum Gasteiger partial charge on any atom is 0.407 e. The molecule has 2 heterocycles. The number of aromatic nitrogens is 2. The van der Waals surface area contributed by atoms with Crippen molar-refractivity contribution in [1.82, 2.24) is 14.9 Å². The van der Waals surface area contributed by atoms with Gasteiger partial charge in [0, 0.05) is 18.0 Å². The van der Waals surface area contributed by atoms with Gasteiger partial charge in [-0.05, 0) is 51.0 Å². The van der Waals surface area contributed by atoms with Crippen molar-refractivity contribution in [3.05, 3.63) is 42.4 Å². The molecule has 1 aromatic carbocycles. The van der Waals surface area contributed by atoms with Crippen LogP contribution in [-0.4, -0.2) is 39.0 Å². The molecule has 1 amide bonds. The van der Waals surface area contributed by atoms with E-state index in [0.717, 1.165) is 31.4 Å². The van der Waals surface area contributed by atoms with Crippen LogP contribution in [0.4, 0.5) is 4.79 Å². The van der Waals surface area contributed by atoms with Crippen LogP contribution in [0.25, 0.3) is 11.3 Å². The number of fused-ring (bicyclic) bond motifs is 3. The van der Waals surface area contributed by atoms with Crippen molar-refractivity contribution in [3.63, 3.8) is 0 Å². The summed E-state index contributed by atoms with van der Waals surface area (Å²) in [7, 11) is 0. The van der Waals surface area contributed by atoms with Crippen molar-refractivity contribution in [3.8, 4) is 11.3 Å². The summed E-state index contributed by atoms with van der Waals surface area (Å²) in [6.07, 6.45) is 6.64. The molecular weight excluding hydrogens is 378 g/mol. The first-order valence-electron chi connectivity index (χ1n) is 11.0. The number of imidazole rings is 1. The van der Waals surface area contributed by atoms with Crippen LogP contribution in [0.15, 0.2) is 36.8 Å². The number of nitrogens with one attached hydrogen (secondary N) is 1. The lowest BCUT2D eigenvalue weighted by Gasteiger charge is -2.55. The molecule has 2 aromatic rings. The third-order valence-electron chi connectivity index (χ3n) is 6.64. The van der Waals surface area contributed by atoms with Gasteiger partial charge in [-0.2, -0.15) is 0 Å². The Kier molecular flexibility index (Phi) is 5.39. The van der Waals surface area contributed by atoms with Crippen LogP contribution in [0.2, 0.25) is 0 Å². The quantitative estimate of drug-likeness (QED) is 0.732. The monoisotopic (exact) mass is 411 g/mol. The predicted molar refractivity (Wildman–Crippen MR) is 116 cm³/mol. The molecule has 162 valence electrons. The second-order valence-corrected chi connectivity index (χ2v) is 9.82. The average molecular weight is 412 g/mol. The van der Waals surface area contributed by atoms with Gasteiger partial charge in [-0.1, -0.05) is 37.6 Å². The van der Waals surface area contributed by atoms with Gasteiger partial charge in [0.15, 0.2) is 0 Å². The number of rotatable bonds is 6. The second-order valence-electron chi connectivity index (χ2n) is 9.82. The van der Waals surface area contributed by atoms with Gasteiger partial charge in [-0.3, -0.25) is 0 Å². The third-order valence-corrected chi connectivity index (χ3v) is 6.64. The van der Waals surface area contributed by atoms with E-state index in [-0.39, 0.29) is 17.4 Å². The van der Waals surface area contributed by atoms with Crippen molar-refractivity contribution >= 4 is 6.09 Å². The molecule has 2 aliphatic rings. The molecule has 1 saturated carbocycles. The molecule has 1 fully saturated rings. The van der Waals surface area contributed by atoms with Crippen LogP contribution < -0.4 is 5.32 Å². The molecule has 0 radical (unpaired) electrons. The van der Waals surface area contributed by atoms with Crippen molar-refractivity contribution in [2.75, 3.05) is 6.54 Å². The summed E-state index contributed by atoms with van der Waals surface area (Å²) in [5.41, 5.74) is 2.95. The van der Waals surface area contributed by atoms with E-state index < -0.39 is 17.8 Å². The van der Waals surface area contributed by atoms with Gasteiger partial charge in [0.25, 0.3) is 0 Å². The highest BCUT2D eigenvalue weighted by atomic mass is 16.6. The number of hydrogen-bond acceptors (Lipinski definition) is 4. The van der Waals surface area contributed by atoms with E-state index in [1.807, 2.05) is 33.3 Å². The Labute approximate surface area is 178 Å². The number of ether oxygens (including phenoxy) is 1. The SMILES string of the molecule is CCCC1(CCNC(=O)OC(C)(C)C)CC(C2c3ccccc3-c3cncn32)C1O. The fourth-order valence-electron chi connectivity index (χ4n) is 5.44. The minimum Gasteiger partial charge on any atom is -0.444 e.